The second-order valence-electron chi connectivity index (χ2n) is 4.45. The summed E-state index contributed by atoms with van der Waals surface area (Å²) in [7, 11) is 1.96. The van der Waals surface area contributed by atoms with Crippen LogP contribution < -0.4 is 5.32 Å². The van der Waals surface area contributed by atoms with Crippen molar-refractivity contribution in [2.24, 2.45) is 7.05 Å². The molecule has 1 aromatic carbocycles. The number of anilines is 1. The molecule has 0 unspecified atom stereocenters. The van der Waals surface area contributed by atoms with Crippen molar-refractivity contribution >= 4 is 33.2 Å². The van der Waals surface area contributed by atoms with Gasteiger partial charge < -0.3 is 5.32 Å². The van der Waals surface area contributed by atoms with Crippen LogP contribution in [-0.4, -0.2) is 9.78 Å². The Labute approximate surface area is 127 Å². The van der Waals surface area contributed by atoms with Gasteiger partial charge in [0.15, 0.2) is 0 Å². The number of hydrogen-bond donors (Lipinski definition) is 1. The van der Waals surface area contributed by atoms with E-state index in [1.54, 1.807) is 0 Å². The zero-order valence-electron chi connectivity index (χ0n) is 11.3. The first-order chi connectivity index (χ1) is 9.04. The van der Waals surface area contributed by atoms with Gasteiger partial charge in [-0.1, -0.05) is 24.6 Å². The molecule has 2 rings (SSSR count). The fourth-order valence-corrected chi connectivity index (χ4v) is 2.92. The van der Waals surface area contributed by atoms with Crippen molar-refractivity contribution < 1.29 is 0 Å². The Morgan fingerprint density at radius 2 is 2.16 bits per heavy atom. The van der Waals surface area contributed by atoms with E-state index in [0.29, 0.717) is 6.54 Å². The fraction of sp³-hybridized carbons (Fsp3) is 0.357. The van der Waals surface area contributed by atoms with Crippen LogP contribution >= 0.6 is 27.5 Å². The lowest BCUT2D eigenvalue weighted by Crippen LogP contribution is -2.06. The maximum absolute atomic E-state index is 6.12. The number of nitrogens with zero attached hydrogens (tertiary/aromatic N) is 2. The van der Waals surface area contributed by atoms with Gasteiger partial charge in [0.2, 0.25) is 0 Å². The van der Waals surface area contributed by atoms with Crippen LogP contribution in [0, 0.1) is 6.92 Å². The molecule has 0 aliphatic heterocycles. The number of hydrogen-bond acceptors (Lipinski definition) is 2. The maximum Gasteiger partial charge on any atom is 0.0767 e. The summed E-state index contributed by atoms with van der Waals surface area (Å²) >= 11 is 9.74. The predicted molar refractivity (Wildman–Crippen MR) is 83.8 cm³/mol. The van der Waals surface area contributed by atoms with Gasteiger partial charge in [-0.05, 0) is 47.0 Å². The lowest BCUT2D eigenvalue weighted by molar-refractivity contribution is 0.706. The Bertz CT molecular complexity index is 593. The van der Waals surface area contributed by atoms with Gasteiger partial charge in [0.1, 0.15) is 0 Å². The molecule has 0 bridgehead atoms. The van der Waals surface area contributed by atoms with E-state index in [1.165, 1.54) is 0 Å². The molecule has 0 aliphatic carbocycles. The highest BCUT2D eigenvalue weighted by atomic mass is 79.9. The van der Waals surface area contributed by atoms with E-state index in [2.05, 4.69) is 33.3 Å². The summed E-state index contributed by atoms with van der Waals surface area (Å²) in [5, 5.41) is 8.68. The minimum Gasteiger partial charge on any atom is -0.379 e. The second kappa shape index (κ2) is 5.97. The Kier molecular flexibility index (Phi) is 4.53. The van der Waals surface area contributed by atoms with Crippen LogP contribution in [0.4, 0.5) is 5.69 Å². The molecule has 1 heterocycles. The molecule has 0 atom stereocenters. The van der Waals surface area contributed by atoms with Crippen LogP contribution in [0.15, 0.2) is 22.7 Å². The molecule has 0 saturated carbocycles. The summed E-state index contributed by atoms with van der Waals surface area (Å²) in [6, 6.07) is 5.89. The highest BCUT2D eigenvalue weighted by Crippen LogP contribution is 2.26. The van der Waals surface area contributed by atoms with Crippen molar-refractivity contribution in [3.05, 3.63) is 44.6 Å². The zero-order chi connectivity index (χ0) is 14.0. The van der Waals surface area contributed by atoms with Crippen molar-refractivity contribution in [2.45, 2.75) is 26.8 Å². The summed E-state index contributed by atoms with van der Waals surface area (Å²) in [6.45, 7) is 4.83. The lowest BCUT2D eigenvalue weighted by atomic mass is 10.2. The molecule has 3 nitrogen and oxygen atoms in total. The van der Waals surface area contributed by atoms with Crippen molar-refractivity contribution in [3.8, 4) is 0 Å². The number of rotatable bonds is 4. The first-order valence-corrected chi connectivity index (χ1v) is 7.41. The average molecular weight is 343 g/mol. The third kappa shape index (κ3) is 2.95. The SMILES string of the molecule is CCc1nn(C)c(CNc2cccc(Cl)c2C)c1Br. The van der Waals surface area contributed by atoms with Crippen molar-refractivity contribution in [3.63, 3.8) is 0 Å². The van der Waals surface area contributed by atoms with Gasteiger partial charge in [-0.2, -0.15) is 5.10 Å². The molecule has 19 heavy (non-hydrogen) atoms. The van der Waals surface area contributed by atoms with E-state index < -0.39 is 0 Å². The summed E-state index contributed by atoms with van der Waals surface area (Å²) in [6.07, 6.45) is 0.921. The minimum atomic E-state index is 0.714. The smallest absolute Gasteiger partial charge is 0.0767 e. The Morgan fingerprint density at radius 1 is 1.42 bits per heavy atom. The van der Waals surface area contributed by atoms with Crippen molar-refractivity contribution in [2.75, 3.05) is 5.32 Å². The average Bonchev–Trinajstić information content (AvgIpc) is 2.66. The molecule has 0 fully saturated rings. The normalized spacial score (nSPS) is 10.8. The number of halogens is 2. The number of aryl methyl sites for hydroxylation is 2. The zero-order valence-corrected chi connectivity index (χ0v) is 13.6. The van der Waals surface area contributed by atoms with Crippen LogP contribution in [0.3, 0.4) is 0 Å². The van der Waals surface area contributed by atoms with Gasteiger partial charge in [-0.25, -0.2) is 0 Å². The quantitative estimate of drug-likeness (QED) is 0.897. The molecule has 2 aromatic rings. The minimum absolute atomic E-state index is 0.714. The van der Waals surface area contributed by atoms with Gasteiger partial charge in [-0.15, -0.1) is 0 Å². The molecule has 5 heteroatoms. The van der Waals surface area contributed by atoms with E-state index in [4.69, 9.17) is 11.6 Å². The van der Waals surface area contributed by atoms with Crippen LogP contribution in [0.5, 0.6) is 0 Å². The molecule has 0 amide bonds. The van der Waals surface area contributed by atoms with E-state index in [-0.39, 0.29) is 0 Å². The molecule has 0 spiro atoms. The van der Waals surface area contributed by atoms with Crippen LogP contribution in [0.1, 0.15) is 23.9 Å². The summed E-state index contributed by atoms with van der Waals surface area (Å²) in [4.78, 5) is 0. The van der Waals surface area contributed by atoms with E-state index >= 15 is 0 Å². The Hall–Kier alpha value is -1.000. The summed E-state index contributed by atoms with van der Waals surface area (Å²) in [5.74, 6) is 0. The topological polar surface area (TPSA) is 29.9 Å². The monoisotopic (exact) mass is 341 g/mol. The first-order valence-electron chi connectivity index (χ1n) is 6.23. The largest absolute Gasteiger partial charge is 0.379 e. The van der Waals surface area contributed by atoms with Crippen molar-refractivity contribution in [1.82, 2.24) is 9.78 Å². The Morgan fingerprint density at radius 3 is 2.79 bits per heavy atom. The molecule has 0 radical (unpaired) electrons. The highest BCUT2D eigenvalue weighted by molar-refractivity contribution is 9.10. The standard InChI is InChI=1S/C14H17BrClN3/c1-4-11-14(15)13(19(3)18-11)8-17-12-7-5-6-10(16)9(12)2/h5-7,17H,4,8H2,1-3H3. The molecular formula is C14H17BrClN3. The van der Waals surface area contributed by atoms with E-state index in [1.807, 2.05) is 36.9 Å². The number of nitrogens with one attached hydrogen (secondary N) is 1. The van der Waals surface area contributed by atoms with Gasteiger partial charge in [-0.3, -0.25) is 4.68 Å². The van der Waals surface area contributed by atoms with Crippen LogP contribution in [0.25, 0.3) is 0 Å². The van der Waals surface area contributed by atoms with Gasteiger partial charge in [0.25, 0.3) is 0 Å². The third-order valence-electron chi connectivity index (χ3n) is 3.22. The van der Waals surface area contributed by atoms with Gasteiger partial charge >= 0.3 is 0 Å². The third-order valence-corrected chi connectivity index (χ3v) is 4.54. The van der Waals surface area contributed by atoms with E-state index in [9.17, 15) is 0 Å². The molecule has 102 valence electrons. The molecule has 1 N–H and O–H groups in total. The molecule has 0 saturated heterocycles. The van der Waals surface area contributed by atoms with Gasteiger partial charge in [0, 0.05) is 17.8 Å². The molecular weight excluding hydrogens is 326 g/mol. The summed E-state index contributed by atoms with van der Waals surface area (Å²) in [5.41, 5.74) is 4.34. The number of benzene rings is 1. The number of aromatic nitrogens is 2. The molecule has 1 aromatic heterocycles. The Balaban J connectivity index is 2.19. The van der Waals surface area contributed by atoms with Crippen molar-refractivity contribution in [1.29, 1.82) is 0 Å². The first kappa shape index (κ1) is 14.4. The second-order valence-corrected chi connectivity index (χ2v) is 5.65. The van der Waals surface area contributed by atoms with Crippen LogP contribution in [0.2, 0.25) is 5.02 Å². The molecule has 0 aliphatic rings. The van der Waals surface area contributed by atoms with Crippen LogP contribution in [-0.2, 0) is 20.0 Å². The lowest BCUT2D eigenvalue weighted by Gasteiger charge is -2.11. The van der Waals surface area contributed by atoms with Gasteiger partial charge in [0.05, 0.1) is 22.4 Å². The summed E-state index contributed by atoms with van der Waals surface area (Å²) < 4.78 is 3.00. The highest BCUT2D eigenvalue weighted by Gasteiger charge is 2.12. The van der Waals surface area contributed by atoms with E-state index in [0.717, 1.165) is 38.6 Å². The maximum atomic E-state index is 6.12. The predicted octanol–water partition coefficient (Wildman–Crippen LogP) is 4.32. The fourth-order valence-electron chi connectivity index (χ4n) is 1.99.